The summed E-state index contributed by atoms with van der Waals surface area (Å²) in [5.74, 6) is -1.16. The Morgan fingerprint density at radius 1 is 0.951 bits per heavy atom. The lowest BCUT2D eigenvalue weighted by molar-refractivity contribution is -0.140. The highest BCUT2D eigenvalue weighted by atomic mass is 16.6. The van der Waals surface area contributed by atoms with Gasteiger partial charge in [0.25, 0.3) is 5.91 Å². The first-order chi connectivity index (χ1) is 19.4. The maximum atomic E-state index is 14.3. The van der Waals surface area contributed by atoms with Crippen LogP contribution in [0.5, 0.6) is 5.75 Å². The Morgan fingerprint density at radius 3 is 2.22 bits per heavy atom. The standard InChI is InChI=1S/C33H39N3O5/c1-7-20-36(31(39)27(21-24-16-9-8-10-17-24)35-32(40)41-33(4,5)6)28(25-18-13-15-23(3)29(25)37)30(38)34-26-19-12-11-14-22(26)2/h7-19,27-28,37H,1,20-21H2,2-6H3,(H,34,38)(H,35,40). The van der Waals surface area contributed by atoms with E-state index in [0.717, 1.165) is 11.1 Å². The molecule has 8 nitrogen and oxygen atoms in total. The molecule has 0 aliphatic carbocycles. The molecule has 41 heavy (non-hydrogen) atoms. The number of nitrogens with zero attached hydrogens (tertiary/aromatic N) is 1. The Balaban J connectivity index is 2.09. The molecule has 0 saturated heterocycles. The van der Waals surface area contributed by atoms with Crippen LogP contribution in [-0.4, -0.2) is 46.1 Å². The van der Waals surface area contributed by atoms with Crippen molar-refractivity contribution < 1.29 is 24.2 Å². The number of amides is 3. The Labute approximate surface area is 242 Å². The van der Waals surface area contributed by atoms with Gasteiger partial charge < -0.3 is 25.4 Å². The van der Waals surface area contributed by atoms with Crippen LogP contribution in [0.3, 0.4) is 0 Å². The van der Waals surface area contributed by atoms with Gasteiger partial charge in [-0.2, -0.15) is 0 Å². The molecule has 0 heterocycles. The molecular formula is C33H39N3O5. The van der Waals surface area contributed by atoms with Gasteiger partial charge in [-0.1, -0.05) is 72.8 Å². The number of aryl methyl sites for hydroxylation is 2. The van der Waals surface area contributed by atoms with E-state index in [0.29, 0.717) is 11.3 Å². The molecule has 0 aliphatic rings. The number of carbonyl (C=O) groups excluding carboxylic acids is 3. The van der Waals surface area contributed by atoms with Gasteiger partial charge in [0.05, 0.1) is 0 Å². The maximum absolute atomic E-state index is 14.3. The first-order valence-electron chi connectivity index (χ1n) is 13.5. The highest BCUT2D eigenvalue weighted by Crippen LogP contribution is 2.33. The van der Waals surface area contributed by atoms with Gasteiger partial charge in [0.15, 0.2) is 0 Å². The Kier molecular flexibility index (Phi) is 10.3. The van der Waals surface area contributed by atoms with Crippen LogP contribution < -0.4 is 10.6 Å². The number of alkyl carbamates (subject to hydrolysis) is 1. The van der Waals surface area contributed by atoms with Gasteiger partial charge >= 0.3 is 6.09 Å². The second-order valence-electron chi connectivity index (χ2n) is 10.9. The van der Waals surface area contributed by atoms with Crippen molar-refractivity contribution in [3.05, 3.63) is 108 Å². The van der Waals surface area contributed by atoms with E-state index in [1.807, 2.05) is 49.4 Å². The number of aromatic hydroxyl groups is 1. The second-order valence-corrected chi connectivity index (χ2v) is 10.9. The summed E-state index contributed by atoms with van der Waals surface area (Å²) in [4.78, 5) is 42.5. The zero-order valence-electron chi connectivity index (χ0n) is 24.3. The zero-order chi connectivity index (χ0) is 30.2. The largest absolute Gasteiger partial charge is 0.507 e. The second kappa shape index (κ2) is 13.7. The number of nitrogens with one attached hydrogen (secondary N) is 2. The van der Waals surface area contributed by atoms with Gasteiger partial charge in [-0.15, -0.1) is 6.58 Å². The van der Waals surface area contributed by atoms with Crippen molar-refractivity contribution in [3.63, 3.8) is 0 Å². The number of anilines is 1. The van der Waals surface area contributed by atoms with Crippen molar-refractivity contribution in [3.8, 4) is 5.75 Å². The van der Waals surface area contributed by atoms with Crippen LogP contribution >= 0.6 is 0 Å². The Hall–Kier alpha value is -4.59. The number of ether oxygens (including phenoxy) is 1. The summed E-state index contributed by atoms with van der Waals surface area (Å²) < 4.78 is 5.46. The minimum absolute atomic E-state index is 0.0284. The third-order valence-corrected chi connectivity index (χ3v) is 6.41. The van der Waals surface area contributed by atoms with Crippen LogP contribution in [-0.2, 0) is 20.7 Å². The summed E-state index contributed by atoms with van der Waals surface area (Å²) in [6.07, 6.45) is 0.897. The summed E-state index contributed by atoms with van der Waals surface area (Å²) >= 11 is 0. The van der Waals surface area contributed by atoms with Crippen molar-refractivity contribution in [1.29, 1.82) is 0 Å². The normalized spacial score (nSPS) is 12.5. The topological polar surface area (TPSA) is 108 Å². The molecule has 0 saturated carbocycles. The number of hydrogen-bond acceptors (Lipinski definition) is 5. The highest BCUT2D eigenvalue weighted by Gasteiger charge is 2.37. The number of rotatable bonds is 10. The summed E-state index contributed by atoms with van der Waals surface area (Å²) in [5.41, 5.74) is 2.24. The van der Waals surface area contributed by atoms with Crippen LogP contribution in [0.25, 0.3) is 0 Å². The molecule has 0 fully saturated rings. The van der Waals surface area contributed by atoms with Gasteiger partial charge in [0, 0.05) is 24.2 Å². The molecule has 3 rings (SSSR count). The molecular weight excluding hydrogens is 518 g/mol. The van der Waals surface area contributed by atoms with E-state index in [-0.39, 0.29) is 24.3 Å². The SMILES string of the molecule is C=CCN(C(=O)C(Cc1ccccc1)NC(=O)OC(C)(C)C)C(C(=O)Nc1ccccc1C)c1cccc(C)c1O. The molecule has 0 spiro atoms. The molecule has 0 aromatic heterocycles. The third kappa shape index (κ3) is 8.45. The summed E-state index contributed by atoms with van der Waals surface area (Å²) in [7, 11) is 0. The number of benzene rings is 3. The number of phenols is 1. The molecule has 216 valence electrons. The third-order valence-electron chi connectivity index (χ3n) is 6.41. The average Bonchev–Trinajstić information content (AvgIpc) is 2.91. The van der Waals surface area contributed by atoms with Gasteiger partial charge in [-0.3, -0.25) is 9.59 Å². The average molecular weight is 558 g/mol. The molecule has 3 aromatic rings. The monoisotopic (exact) mass is 557 g/mol. The number of phenolic OH excluding ortho intramolecular Hbond substituents is 1. The first kappa shape index (κ1) is 30.9. The fourth-order valence-electron chi connectivity index (χ4n) is 4.43. The molecule has 2 atom stereocenters. The van der Waals surface area contributed by atoms with E-state index < -0.39 is 35.6 Å². The van der Waals surface area contributed by atoms with E-state index in [4.69, 9.17) is 4.74 Å². The van der Waals surface area contributed by atoms with Crippen molar-refractivity contribution in [2.24, 2.45) is 0 Å². The van der Waals surface area contributed by atoms with Crippen LogP contribution in [0.1, 0.15) is 49.1 Å². The van der Waals surface area contributed by atoms with Crippen LogP contribution in [0.2, 0.25) is 0 Å². The summed E-state index contributed by atoms with van der Waals surface area (Å²) in [6.45, 7) is 12.6. The van der Waals surface area contributed by atoms with Crippen molar-refractivity contribution in [1.82, 2.24) is 10.2 Å². The van der Waals surface area contributed by atoms with Gasteiger partial charge in [-0.25, -0.2) is 4.79 Å². The van der Waals surface area contributed by atoms with Crippen LogP contribution in [0.15, 0.2) is 85.5 Å². The van der Waals surface area contributed by atoms with Crippen LogP contribution in [0, 0.1) is 13.8 Å². The summed E-state index contributed by atoms with van der Waals surface area (Å²) in [6, 6.07) is 19.3. The van der Waals surface area contributed by atoms with E-state index in [1.165, 1.54) is 11.0 Å². The lowest BCUT2D eigenvalue weighted by atomic mass is 9.97. The van der Waals surface area contributed by atoms with Gasteiger partial charge in [0.1, 0.15) is 23.4 Å². The van der Waals surface area contributed by atoms with E-state index in [2.05, 4.69) is 17.2 Å². The predicted octanol–water partition coefficient (Wildman–Crippen LogP) is 5.84. The van der Waals surface area contributed by atoms with E-state index in [9.17, 15) is 19.5 Å². The fraction of sp³-hybridized carbons (Fsp3) is 0.303. The number of carbonyl (C=O) groups is 3. The van der Waals surface area contributed by atoms with Crippen molar-refractivity contribution in [2.45, 2.75) is 58.7 Å². The fourth-order valence-corrected chi connectivity index (χ4v) is 4.43. The first-order valence-corrected chi connectivity index (χ1v) is 13.5. The van der Waals surface area contributed by atoms with E-state index in [1.54, 1.807) is 58.0 Å². The van der Waals surface area contributed by atoms with Crippen molar-refractivity contribution in [2.75, 3.05) is 11.9 Å². The maximum Gasteiger partial charge on any atom is 0.408 e. The summed E-state index contributed by atoms with van der Waals surface area (Å²) in [5, 5.41) is 16.7. The predicted molar refractivity (Wildman–Crippen MR) is 161 cm³/mol. The molecule has 2 unspecified atom stereocenters. The minimum Gasteiger partial charge on any atom is -0.507 e. The van der Waals surface area contributed by atoms with E-state index >= 15 is 0 Å². The molecule has 8 heteroatoms. The smallest absolute Gasteiger partial charge is 0.408 e. The van der Waals surface area contributed by atoms with Crippen molar-refractivity contribution >= 4 is 23.6 Å². The Bertz CT molecular complexity index is 1380. The Morgan fingerprint density at radius 2 is 1.59 bits per heavy atom. The van der Waals surface area contributed by atoms with Gasteiger partial charge in [-0.05, 0) is 57.4 Å². The number of para-hydroxylation sites is 2. The highest BCUT2D eigenvalue weighted by molar-refractivity contribution is 6.00. The quantitative estimate of drug-likeness (QED) is 0.272. The number of hydrogen-bond donors (Lipinski definition) is 3. The molecule has 3 N–H and O–H groups in total. The van der Waals surface area contributed by atoms with Gasteiger partial charge in [0.2, 0.25) is 5.91 Å². The lowest BCUT2D eigenvalue weighted by Crippen LogP contribution is -2.53. The van der Waals surface area contributed by atoms with Crippen LogP contribution in [0.4, 0.5) is 10.5 Å². The molecule has 3 aromatic carbocycles. The minimum atomic E-state index is -1.24. The molecule has 0 aliphatic heterocycles. The molecule has 0 radical (unpaired) electrons. The molecule has 3 amide bonds. The molecule has 0 bridgehead atoms. The zero-order valence-corrected chi connectivity index (χ0v) is 24.3. The lowest BCUT2D eigenvalue weighted by Gasteiger charge is -2.34.